The molecule has 24 heteroatoms. The van der Waals surface area contributed by atoms with Crippen LogP contribution in [-0.4, -0.2) is 113 Å². The van der Waals surface area contributed by atoms with Crippen molar-refractivity contribution in [2.24, 2.45) is 13.0 Å². The largest absolute Gasteiger partial charge is 0.503 e. The van der Waals surface area contributed by atoms with E-state index in [1.807, 2.05) is 18.2 Å². The van der Waals surface area contributed by atoms with Crippen LogP contribution in [0.4, 0.5) is 32.3 Å². The molecule has 1 atom stereocenters. The first-order valence-electron chi connectivity index (χ1n) is 21.0. The Hall–Kier alpha value is -6.85. The van der Waals surface area contributed by atoms with Gasteiger partial charge in [-0.05, 0) is 87.2 Å². The fourth-order valence-corrected chi connectivity index (χ4v) is 8.30. The summed E-state index contributed by atoms with van der Waals surface area (Å²) in [7, 11) is 1.70. The maximum atomic E-state index is 14.1. The fourth-order valence-electron chi connectivity index (χ4n) is 8.30. The number of nitrogens with zero attached hydrogens (tertiary/aromatic N) is 8. The number of amides is 3. The van der Waals surface area contributed by atoms with E-state index in [0.29, 0.717) is 61.2 Å². The molecule has 5 aromatic rings. The number of fused-ring (bicyclic) bond motifs is 1. The lowest BCUT2D eigenvalue weighted by Gasteiger charge is -2.34. The first kappa shape index (κ1) is 47.1. The van der Waals surface area contributed by atoms with Gasteiger partial charge in [-0.1, -0.05) is 11.2 Å². The Labute approximate surface area is 370 Å². The predicted octanol–water partition coefficient (Wildman–Crippen LogP) is 4.37. The van der Waals surface area contributed by atoms with Gasteiger partial charge in [-0.15, -0.1) is 0 Å². The smallest absolute Gasteiger partial charge is 0.490 e. The van der Waals surface area contributed by atoms with Gasteiger partial charge in [0.05, 0.1) is 16.6 Å². The predicted molar refractivity (Wildman–Crippen MR) is 220 cm³/mol. The number of anilines is 1. The van der Waals surface area contributed by atoms with E-state index in [4.69, 9.17) is 19.4 Å². The number of imide groups is 1. The number of piperazine rings is 1. The molecule has 0 bridgehead atoms. The van der Waals surface area contributed by atoms with Crippen LogP contribution in [0.5, 0.6) is 5.75 Å². The number of piperidine rings is 1. The molecule has 4 N–H and O–H groups in total. The van der Waals surface area contributed by atoms with Crippen molar-refractivity contribution in [3.8, 4) is 17.3 Å². The second-order valence-electron chi connectivity index (χ2n) is 16.2. The molecule has 0 spiro atoms. The van der Waals surface area contributed by atoms with Crippen molar-refractivity contribution < 1.29 is 60.3 Å². The Balaban J connectivity index is 0.000000858. The van der Waals surface area contributed by atoms with Crippen LogP contribution in [0.25, 0.3) is 22.6 Å². The van der Waals surface area contributed by atoms with Gasteiger partial charge in [0.15, 0.2) is 23.2 Å². The number of nitrogens with one attached hydrogen (secondary N) is 2. The zero-order chi connectivity index (χ0) is 47.4. The number of aromatic nitrogens is 6. The van der Waals surface area contributed by atoms with Crippen molar-refractivity contribution in [3.05, 3.63) is 81.4 Å². The Morgan fingerprint density at radius 2 is 1.65 bits per heavy atom. The topological polar surface area (TPSA) is 231 Å². The normalized spacial score (nSPS) is 19.3. The molecule has 3 aliphatic rings. The van der Waals surface area contributed by atoms with E-state index in [0.717, 1.165) is 56.6 Å². The molecule has 18 nitrogen and oxygen atoms in total. The van der Waals surface area contributed by atoms with Crippen LogP contribution in [0.3, 0.4) is 0 Å². The summed E-state index contributed by atoms with van der Waals surface area (Å²) in [6, 6.07) is 7.38. The molecule has 2 aromatic carbocycles. The van der Waals surface area contributed by atoms with Crippen molar-refractivity contribution in [1.29, 1.82) is 0 Å². The monoisotopic (exact) mass is 930 g/mol. The molecule has 0 unspecified atom stereocenters. The summed E-state index contributed by atoms with van der Waals surface area (Å²) in [5, 5.41) is 25.5. The lowest BCUT2D eigenvalue weighted by atomic mass is 9.81. The number of carboxylic acids is 1. The zero-order valence-corrected chi connectivity index (χ0v) is 35.3. The number of hydrogen-bond acceptors (Lipinski definition) is 13. The van der Waals surface area contributed by atoms with Gasteiger partial charge in [0.1, 0.15) is 11.7 Å². The molecular formula is C42H44F6N10O8. The third-order valence-electron chi connectivity index (χ3n) is 12.0. The number of phenols is 1. The van der Waals surface area contributed by atoms with E-state index >= 15 is 0 Å². The summed E-state index contributed by atoms with van der Waals surface area (Å²) >= 11 is 0. The SMILES string of the molecule is Cn1c(=O)n([C@@H]2CCC(=O)NC2=O)c2ccc(CCCN3CCN(c4nccc(-c5nc(C6CCC(CNC(=O)c7cc(F)c(O)c(F)c7F)CC6)no5)n4)CC3)cc21.O=C(O)C(F)(F)F. The molecule has 3 aromatic heterocycles. The minimum absolute atomic E-state index is 0.0233. The van der Waals surface area contributed by atoms with Crippen LogP contribution in [0.2, 0.25) is 0 Å². The Bertz CT molecular complexity index is 2690. The van der Waals surface area contributed by atoms with Gasteiger partial charge >= 0.3 is 17.8 Å². The van der Waals surface area contributed by atoms with E-state index in [1.165, 1.54) is 4.57 Å². The van der Waals surface area contributed by atoms with Crippen LogP contribution in [-0.2, 0) is 27.9 Å². The van der Waals surface area contributed by atoms with Crippen molar-refractivity contribution >= 4 is 40.7 Å². The number of carboxylic acid groups (broad SMARTS) is 1. The van der Waals surface area contributed by atoms with Crippen LogP contribution in [0.1, 0.15) is 78.7 Å². The highest BCUT2D eigenvalue weighted by atomic mass is 19.4. The summed E-state index contributed by atoms with van der Waals surface area (Å²) < 4.78 is 81.9. The molecule has 66 heavy (non-hydrogen) atoms. The van der Waals surface area contributed by atoms with E-state index in [2.05, 4.69) is 35.6 Å². The number of aliphatic carboxylic acids is 1. The molecule has 3 fully saturated rings. The van der Waals surface area contributed by atoms with Crippen molar-refractivity contribution in [2.75, 3.05) is 44.2 Å². The third kappa shape index (κ3) is 10.5. The number of imidazole rings is 1. The second-order valence-corrected chi connectivity index (χ2v) is 16.2. The maximum absolute atomic E-state index is 14.1. The van der Waals surface area contributed by atoms with Crippen LogP contribution in [0.15, 0.2) is 45.8 Å². The van der Waals surface area contributed by atoms with Gasteiger partial charge in [0, 0.05) is 58.3 Å². The van der Waals surface area contributed by atoms with E-state index in [-0.39, 0.29) is 42.3 Å². The average Bonchev–Trinajstić information content (AvgIpc) is 3.89. The Morgan fingerprint density at radius 1 is 0.939 bits per heavy atom. The molecule has 1 aliphatic carbocycles. The van der Waals surface area contributed by atoms with Crippen molar-refractivity contribution in [2.45, 2.75) is 69.5 Å². The minimum Gasteiger partial charge on any atom is -0.503 e. The van der Waals surface area contributed by atoms with Gasteiger partial charge in [-0.3, -0.25) is 33.7 Å². The molecule has 5 heterocycles. The number of aromatic hydroxyl groups is 1. The molecule has 2 aliphatic heterocycles. The Kier molecular flexibility index (Phi) is 14.1. The van der Waals surface area contributed by atoms with Crippen molar-refractivity contribution in [3.63, 3.8) is 0 Å². The highest BCUT2D eigenvalue weighted by molar-refractivity contribution is 6.00. The molecule has 3 amide bonds. The number of aryl methyl sites for hydroxylation is 2. The fraction of sp³-hybridized carbons (Fsp3) is 0.452. The van der Waals surface area contributed by atoms with Crippen LogP contribution in [0, 0.1) is 23.4 Å². The summed E-state index contributed by atoms with van der Waals surface area (Å²) in [5.41, 5.74) is 1.95. The average molecular weight is 931 g/mol. The number of carbonyl (C=O) groups excluding carboxylic acids is 3. The van der Waals surface area contributed by atoms with Crippen LogP contribution >= 0.6 is 0 Å². The maximum Gasteiger partial charge on any atom is 0.490 e. The van der Waals surface area contributed by atoms with Gasteiger partial charge in [0.2, 0.25) is 23.6 Å². The standard InChI is InChI=1S/C40H43F3N10O6.C2HF3O2/c1-50-30-19-22(6-9-28(30)53(40(50)58)29-10-11-31(54)47-37(29)57)3-2-14-51-15-17-52(18-16-51)39-44-13-12-27(46-39)38-48-35(49-59-38)24-7-4-23(5-8-24)21-45-36(56)25-20-26(41)34(55)33(43)32(25)42;3-2(4,5)1(6)7/h6,9,12-13,19-20,23-24,29,55H,2-5,7-8,10-11,14-18,21H2,1H3,(H,45,56)(H,47,54,57);(H,6,7)/t23?,24?,29-;/m1./s1. The minimum atomic E-state index is -5.08. The summed E-state index contributed by atoms with van der Waals surface area (Å²) in [6.07, 6.45) is 1.67. The molecule has 0 radical (unpaired) electrons. The second kappa shape index (κ2) is 19.7. The molecule has 352 valence electrons. The molecule has 1 saturated carbocycles. The van der Waals surface area contributed by atoms with Crippen molar-refractivity contribution in [1.82, 2.24) is 44.8 Å². The molecular weight excluding hydrogens is 887 g/mol. The molecule has 2 saturated heterocycles. The summed E-state index contributed by atoms with van der Waals surface area (Å²) in [6.45, 7) is 4.23. The highest BCUT2D eigenvalue weighted by Crippen LogP contribution is 2.35. The zero-order valence-electron chi connectivity index (χ0n) is 35.3. The van der Waals surface area contributed by atoms with E-state index in [9.17, 15) is 50.6 Å². The lowest BCUT2D eigenvalue weighted by molar-refractivity contribution is -0.192. The van der Waals surface area contributed by atoms with E-state index < -0.39 is 58.8 Å². The third-order valence-corrected chi connectivity index (χ3v) is 12.0. The Morgan fingerprint density at radius 3 is 2.33 bits per heavy atom. The lowest BCUT2D eigenvalue weighted by Crippen LogP contribution is -2.47. The number of benzene rings is 2. The number of halogens is 6. The van der Waals surface area contributed by atoms with Crippen LogP contribution < -0.4 is 21.2 Å². The number of phenolic OH excluding ortho intramolecular Hbond substituents is 1. The number of rotatable bonds is 11. The summed E-state index contributed by atoms with van der Waals surface area (Å²) in [4.78, 5) is 77.0. The first-order valence-corrected chi connectivity index (χ1v) is 21.0. The quantitative estimate of drug-likeness (QED) is 0.0819. The molecule has 8 rings (SSSR count). The number of carbonyl (C=O) groups is 4. The van der Waals surface area contributed by atoms with E-state index in [1.54, 1.807) is 23.9 Å². The van der Waals surface area contributed by atoms with Gasteiger partial charge in [-0.2, -0.15) is 22.5 Å². The van der Waals surface area contributed by atoms with Gasteiger partial charge in [-0.25, -0.2) is 28.3 Å². The van der Waals surface area contributed by atoms with Gasteiger partial charge in [0.25, 0.3) is 11.8 Å². The first-order chi connectivity index (χ1) is 31.4. The highest BCUT2D eigenvalue weighted by Gasteiger charge is 2.38. The number of alkyl halides is 3. The van der Waals surface area contributed by atoms with Gasteiger partial charge < -0.3 is 25.0 Å². The summed E-state index contributed by atoms with van der Waals surface area (Å²) in [5.74, 6) is -9.27. The number of hydrogen-bond donors (Lipinski definition) is 4.